The molecule has 2 aromatic carbocycles. The zero-order valence-corrected chi connectivity index (χ0v) is 16.9. The highest BCUT2D eigenvalue weighted by atomic mass is 35.5. The van der Waals surface area contributed by atoms with E-state index in [1.807, 2.05) is 30.3 Å². The quantitative estimate of drug-likeness (QED) is 0.477. The third kappa shape index (κ3) is 4.19. The van der Waals surface area contributed by atoms with Crippen LogP contribution < -0.4 is 10.5 Å². The fourth-order valence-corrected chi connectivity index (χ4v) is 4.09. The van der Waals surface area contributed by atoms with Crippen LogP contribution in [0.15, 0.2) is 48.7 Å². The number of benzene rings is 2. The van der Waals surface area contributed by atoms with E-state index in [2.05, 4.69) is 15.1 Å². The minimum atomic E-state index is -0.349. The van der Waals surface area contributed by atoms with Crippen LogP contribution in [0.4, 0.5) is 5.69 Å². The van der Waals surface area contributed by atoms with Crippen molar-refractivity contribution in [2.75, 3.05) is 12.3 Å². The number of fused-ring (bicyclic) bond motifs is 1. The van der Waals surface area contributed by atoms with Gasteiger partial charge < -0.3 is 15.3 Å². The number of ether oxygens (including phenoxy) is 1. The van der Waals surface area contributed by atoms with Gasteiger partial charge in [0.1, 0.15) is 12.0 Å². The van der Waals surface area contributed by atoms with Gasteiger partial charge in [-0.3, -0.25) is 4.90 Å². The van der Waals surface area contributed by atoms with Crippen LogP contribution in [0.25, 0.3) is 0 Å². The fraction of sp³-hybridized carbons (Fsp3) is 0.190. The Morgan fingerprint density at radius 2 is 2.00 bits per heavy atom. The summed E-state index contributed by atoms with van der Waals surface area (Å²) in [7, 11) is 0. The van der Waals surface area contributed by atoms with E-state index in [1.54, 1.807) is 18.3 Å². The van der Waals surface area contributed by atoms with Crippen molar-refractivity contribution in [3.8, 4) is 11.5 Å². The summed E-state index contributed by atoms with van der Waals surface area (Å²) < 4.78 is 5.91. The number of aldehydes is 1. The van der Waals surface area contributed by atoms with E-state index in [-0.39, 0.29) is 6.04 Å². The molecule has 0 amide bonds. The predicted octanol–water partition coefficient (Wildman–Crippen LogP) is 4.46. The van der Waals surface area contributed by atoms with E-state index in [9.17, 15) is 4.79 Å². The van der Waals surface area contributed by atoms with Crippen LogP contribution in [-0.4, -0.2) is 27.9 Å². The number of hydrogen-bond donors (Lipinski definition) is 1. The van der Waals surface area contributed by atoms with Crippen molar-refractivity contribution < 1.29 is 9.53 Å². The molecule has 1 aliphatic heterocycles. The standard InChI is InChI=1S/C21H18Cl2N4O2/c22-18-9-14(24)10-19(23)21(18)29-16-3-4-17-13(8-16)5-7-27(20(17)12-28)11-15-2-1-6-25-26-15/h1-4,6,8-10,12,20H,5,7,11,24H2. The molecule has 2 N–H and O–H groups in total. The lowest BCUT2D eigenvalue weighted by atomic mass is 9.93. The van der Waals surface area contributed by atoms with Crippen molar-refractivity contribution >= 4 is 35.2 Å². The fourth-order valence-electron chi connectivity index (χ4n) is 3.51. The summed E-state index contributed by atoms with van der Waals surface area (Å²) in [5.41, 5.74) is 9.05. The Morgan fingerprint density at radius 3 is 2.69 bits per heavy atom. The third-order valence-electron chi connectivity index (χ3n) is 4.86. The highest BCUT2D eigenvalue weighted by molar-refractivity contribution is 6.37. The number of carbonyl (C=O) groups is 1. The Bertz CT molecular complexity index is 1020. The second-order valence-electron chi connectivity index (χ2n) is 6.79. The SMILES string of the molecule is Nc1cc(Cl)c(Oc2ccc3c(c2)CCN(Cc2cccnn2)C3C=O)c(Cl)c1. The molecule has 8 heteroatoms. The van der Waals surface area contributed by atoms with E-state index in [0.717, 1.165) is 36.1 Å². The van der Waals surface area contributed by atoms with Crippen LogP contribution in [-0.2, 0) is 17.8 Å². The molecule has 0 aliphatic carbocycles. The van der Waals surface area contributed by atoms with E-state index >= 15 is 0 Å². The van der Waals surface area contributed by atoms with Gasteiger partial charge in [0.2, 0.25) is 0 Å². The van der Waals surface area contributed by atoms with Gasteiger partial charge in [-0.25, -0.2) is 0 Å². The molecule has 4 rings (SSSR count). The van der Waals surface area contributed by atoms with Gasteiger partial charge in [0.25, 0.3) is 0 Å². The van der Waals surface area contributed by atoms with Crippen molar-refractivity contribution in [3.63, 3.8) is 0 Å². The Kier molecular flexibility index (Phi) is 5.67. The van der Waals surface area contributed by atoms with E-state index in [4.69, 9.17) is 33.7 Å². The minimum Gasteiger partial charge on any atom is -0.454 e. The lowest BCUT2D eigenvalue weighted by Gasteiger charge is -2.34. The highest BCUT2D eigenvalue weighted by Gasteiger charge is 2.28. The average molecular weight is 429 g/mol. The number of hydrogen-bond acceptors (Lipinski definition) is 6. The first-order valence-electron chi connectivity index (χ1n) is 9.06. The van der Waals surface area contributed by atoms with Crippen molar-refractivity contribution in [2.45, 2.75) is 19.0 Å². The number of carbonyl (C=O) groups excluding carboxylic acids is 1. The van der Waals surface area contributed by atoms with Gasteiger partial charge in [-0.15, -0.1) is 0 Å². The molecule has 1 unspecified atom stereocenters. The predicted molar refractivity (Wildman–Crippen MR) is 112 cm³/mol. The molecule has 6 nitrogen and oxygen atoms in total. The van der Waals surface area contributed by atoms with Crippen molar-refractivity contribution in [2.24, 2.45) is 0 Å². The molecule has 29 heavy (non-hydrogen) atoms. The largest absolute Gasteiger partial charge is 0.454 e. The number of nitrogens with two attached hydrogens (primary N) is 1. The Morgan fingerprint density at radius 1 is 1.21 bits per heavy atom. The number of anilines is 1. The molecule has 1 aromatic heterocycles. The highest BCUT2D eigenvalue weighted by Crippen LogP contribution is 2.39. The van der Waals surface area contributed by atoms with Crippen molar-refractivity contribution in [1.29, 1.82) is 0 Å². The summed E-state index contributed by atoms with van der Waals surface area (Å²) in [6.45, 7) is 1.28. The molecule has 2 heterocycles. The first-order chi connectivity index (χ1) is 14.0. The van der Waals surface area contributed by atoms with E-state index in [0.29, 0.717) is 33.8 Å². The lowest BCUT2D eigenvalue weighted by Crippen LogP contribution is -2.36. The molecule has 0 saturated heterocycles. The van der Waals surface area contributed by atoms with E-state index < -0.39 is 0 Å². The summed E-state index contributed by atoms with van der Waals surface area (Å²) >= 11 is 12.4. The van der Waals surface area contributed by atoms with Crippen LogP contribution in [0.3, 0.4) is 0 Å². The second-order valence-corrected chi connectivity index (χ2v) is 7.61. The zero-order valence-electron chi connectivity index (χ0n) is 15.4. The first kappa shape index (κ1) is 19.6. The number of nitrogens with zero attached hydrogens (tertiary/aromatic N) is 3. The van der Waals surface area contributed by atoms with Gasteiger partial charge in [0.05, 0.1) is 21.8 Å². The number of aromatic nitrogens is 2. The maximum absolute atomic E-state index is 11.9. The maximum Gasteiger partial charge on any atom is 0.164 e. The summed E-state index contributed by atoms with van der Waals surface area (Å²) in [5.74, 6) is 0.957. The number of halogens is 2. The third-order valence-corrected chi connectivity index (χ3v) is 5.42. The van der Waals surface area contributed by atoms with Gasteiger partial charge in [-0.2, -0.15) is 10.2 Å². The van der Waals surface area contributed by atoms with Crippen LogP contribution >= 0.6 is 23.2 Å². The molecule has 0 radical (unpaired) electrons. The summed E-state index contributed by atoms with van der Waals surface area (Å²) in [6.07, 6.45) is 3.37. The van der Waals surface area contributed by atoms with Crippen molar-refractivity contribution in [3.05, 3.63) is 75.5 Å². The maximum atomic E-state index is 11.9. The first-order valence-corrected chi connectivity index (χ1v) is 9.82. The molecule has 1 atom stereocenters. The number of rotatable bonds is 5. The van der Waals surface area contributed by atoms with Crippen LogP contribution in [0.1, 0.15) is 22.9 Å². The minimum absolute atomic E-state index is 0.341. The molecule has 0 spiro atoms. The summed E-state index contributed by atoms with van der Waals surface area (Å²) in [5, 5.41) is 8.71. The van der Waals surface area contributed by atoms with Gasteiger partial charge in [0.15, 0.2) is 5.75 Å². The van der Waals surface area contributed by atoms with Crippen LogP contribution in [0.5, 0.6) is 11.5 Å². The van der Waals surface area contributed by atoms with Gasteiger partial charge >= 0.3 is 0 Å². The lowest BCUT2D eigenvalue weighted by molar-refractivity contribution is -0.113. The second kappa shape index (κ2) is 8.37. The Hall–Kier alpha value is -2.67. The molecule has 3 aromatic rings. The normalized spacial score (nSPS) is 16.3. The molecule has 148 valence electrons. The van der Waals surface area contributed by atoms with Crippen LogP contribution in [0, 0.1) is 0 Å². The molecule has 0 saturated carbocycles. The Balaban J connectivity index is 1.58. The van der Waals surface area contributed by atoms with Gasteiger partial charge in [-0.1, -0.05) is 29.3 Å². The summed E-state index contributed by atoms with van der Waals surface area (Å²) in [4.78, 5) is 14.0. The van der Waals surface area contributed by atoms with Gasteiger partial charge in [-0.05, 0) is 53.9 Å². The van der Waals surface area contributed by atoms with Crippen LogP contribution in [0.2, 0.25) is 10.0 Å². The summed E-state index contributed by atoms with van der Waals surface area (Å²) in [6, 6.07) is 12.2. The molecule has 0 fully saturated rings. The molecule has 1 aliphatic rings. The molecular weight excluding hydrogens is 411 g/mol. The van der Waals surface area contributed by atoms with Gasteiger partial charge in [0, 0.05) is 25.0 Å². The smallest absolute Gasteiger partial charge is 0.164 e. The topological polar surface area (TPSA) is 81.3 Å². The molecular formula is C21H18Cl2N4O2. The number of nitrogen functional groups attached to an aromatic ring is 1. The zero-order chi connectivity index (χ0) is 20.4. The monoisotopic (exact) mass is 428 g/mol. The average Bonchev–Trinajstić information content (AvgIpc) is 2.71. The Labute approximate surface area is 178 Å². The van der Waals surface area contributed by atoms with Crippen molar-refractivity contribution in [1.82, 2.24) is 15.1 Å². The van der Waals surface area contributed by atoms with E-state index in [1.165, 1.54) is 0 Å². The molecule has 0 bridgehead atoms.